The highest BCUT2D eigenvalue weighted by molar-refractivity contribution is 5.81. The number of benzene rings is 1. The lowest BCUT2D eigenvalue weighted by Crippen LogP contribution is -2.02. The normalized spacial score (nSPS) is 12.6. The summed E-state index contributed by atoms with van der Waals surface area (Å²) in [7, 11) is 0. The Hall–Kier alpha value is -2.02. The highest BCUT2D eigenvalue weighted by Crippen LogP contribution is 2.17. The van der Waals surface area contributed by atoms with E-state index in [-0.39, 0.29) is 6.04 Å². The monoisotopic (exact) mass is 186 g/mol. The van der Waals surface area contributed by atoms with Crippen LogP contribution >= 0.6 is 0 Å². The van der Waals surface area contributed by atoms with E-state index in [1.54, 1.807) is 17.7 Å². The number of hydrogen-bond acceptors (Lipinski definition) is 3. The molecule has 0 aliphatic carbocycles. The molecular formula is C10H10N4. The van der Waals surface area contributed by atoms with Gasteiger partial charge >= 0.3 is 0 Å². The summed E-state index contributed by atoms with van der Waals surface area (Å²) in [5.41, 5.74) is 7.14. The van der Waals surface area contributed by atoms with Crippen molar-refractivity contribution >= 4 is 16.6 Å². The largest absolute Gasteiger partial charge is 0.399 e. The number of hydrogen-bond donors (Lipinski definition) is 1. The van der Waals surface area contributed by atoms with Crippen molar-refractivity contribution in [3.63, 3.8) is 0 Å². The molecule has 2 rings (SSSR count). The molecule has 0 amide bonds. The Kier molecular flexibility index (Phi) is 1.86. The number of anilines is 1. The molecule has 0 aliphatic rings. The molecule has 1 heterocycles. The zero-order chi connectivity index (χ0) is 10.1. The predicted molar refractivity (Wildman–Crippen MR) is 54.5 cm³/mol. The van der Waals surface area contributed by atoms with Crippen molar-refractivity contribution in [2.45, 2.75) is 13.0 Å². The molecular weight excluding hydrogens is 176 g/mol. The first kappa shape index (κ1) is 8.57. The van der Waals surface area contributed by atoms with Crippen LogP contribution in [0, 0.1) is 11.3 Å². The lowest BCUT2D eigenvalue weighted by Gasteiger charge is -1.99. The molecule has 0 fully saturated rings. The van der Waals surface area contributed by atoms with Gasteiger partial charge in [0.2, 0.25) is 0 Å². The van der Waals surface area contributed by atoms with Crippen LogP contribution in [0.1, 0.15) is 13.0 Å². The molecule has 1 aromatic heterocycles. The van der Waals surface area contributed by atoms with E-state index in [0.29, 0.717) is 5.69 Å². The van der Waals surface area contributed by atoms with Crippen LogP contribution in [0.15, 0.2) is 24.4 Å². The van der Waals surface area contributed by atoms with Gasteiger partial charge in [0.25, 0.3) is 0 Å². The van der Waals surface area contributed by atoms with Crippen molar-refractivity contribution in [3.8, 4) is 6.07 Å². The van der Waals surface area contributed by atoms with Crippen LogP contribution in [0.2, 0.25) is 0 Å². The van der Waals surface area contributed by atoms with E-state index in [1.807, 2.05) is 18.3 Å². The molecule has 1 aromatic carbocycles. The number of fused-ring (bicyclic) bond motifs is 1. The van der Waals surface area contributed by atoms with Gasteiger partial charge < -0.3 is 5.73 Å². The average molecular weight is 186 g/mol. The molecule has 1 atom stereocenters. The van der Waals surface area contributed by atoms with Gasteiger partial charge in [0.15, 0.2) is 0 Å². The summed E-state index contributed by atoms with van der Waals surface area (Å²) >= 11 is 0. The Balaban J connectivity index is 2.58. The molecule has 0 aliphatic heterocycles. The summed E-state index contributed by atoms with van der Waals surface area (Å²) in [6.07, 6.45) is 1.85. The highest BCUT2D eigenvalue weighted by atomic mass is 15.3. The van der Waals surface area contributed by atoms with Crippen molar-refractivity contribution in [3.05, 3.63) is 24.4 Å². The Morgan fingerprint density at radius 3 is 3.07 bits per heavy atom. The lowest BCUT2D eigenvalue weighted by molar-refractivity contribution is 0.597. The fourth-order valence-electron chi connectivity index (χ4n) is 1.31. The van der Waals surface area contributed by atoms with Crippen LogP contribution in [-0.2, 0) is 0 Å². The van der Waals surface area contributed by atoms with Crippen molar-refractivity contribution in [2.24, 2.45) is 0 Å². The van der Waals surface area contributed by atoms with Gasteiger partial charge in [0.05, 0.1) is 11.6 Å². The van der Waals surface area contributed by atoms with E-state index < -0.39 is 0 Å². The fraction of sp³-hybridized carbons (Fsp3) is 0.200. The van der Waals surface area contributed by atoms with Gasteiger partial charge in [-0.1, -0.05) is 0 Å². The molecule has 14 heavy (non-hydrogen) atoms. The maximum Gasteiger partial charge on any atom is 0.135 e. The van der Waals surface area contributed by atoms with Gasteiger partial charge in [-0.2, -0.15) is 10.4 Å². The molecule has 2 N–H and O–H groups in total. The van der Waals surface area contributed by atoms with Gasteiger partial charge in [-0.15, -0.1) is 0 Å². The summed E-state index contributed by atoms with van der Waals surface area (Å²) in [6, 6.07) is 7.41. The topological polar surface area (TPSA) is 67.6 Å². The third kappa shape index (κ3) is 1.29. The maximum absolute atomic E-state index is 8.73. The fourth-order valence-corrected chi connectivity index (χ4v) is 1.31. The summed E-state index contributed by atoms with van der Waals surface area (Å²) in [6.45, 7) is 1.80. The number of aromatic nitrogens is 2. The van der Waals surface area contributed by atoms with E-state index in [4.69, 9.17) is 11.0 Å². The second-order valence-corrected chi connectivity index (χ2v) is 3.23. The van der Waals surface area contributed by atoms with Crippen LogP contribution in [0.5, 0.6) is 0 Å². The molecule has 4 nitrogen and oxygen atoms in total. The Morgan fingerprint density at radius 1 is 1.57 bits per heavy atom. The van der Waals surface area contributed by atoms with Crippen molar-refractivity contribution in [1.29, 1.82) is 5.26 Å². The predicted octanol–water partition coefficient (Wildman–Crippen LogP) is 1.70. The van der Waals surface area contributed by atoms with Gasteiger partial charge in [-0.05, 0) is 25.1 Å². The van der Waals surface area contributed by atoms with E-state index in [0.717, 1.165) is 10.9 Å². The first-order chi connectivity index (χ1) is 6.70. The van der Waals surface area contributed by atoms with Gasteiger partial charge in [-0.25, -0.2) is 0 Å². The van der Waals surface area contributed by atoms with Crippen LogP contribution in [0.4, 0.5) is 5.69 Å². The third-order valence-corrected chi connectivity index (χ3v) is 2.13. The first-order valence-electron chi connectivity index (χ1n) is 4.35. The third-order valence-electron chi connectivity index (χ3n) is 2.13. The van der Waals surface area contributed by atoms with Crippen LogP contribution in [-0.4, -0.2) is 9.78 Å². The highest BCUT2D eigenvalue weighted by Gasteiger charge is 2.05. The Bertz CT molecular complexity index is 506. The number of nitrogens with zero attached hydrogens (tertiary/aromatic N) is 3. The molecule has 0 radical (unpaired) electrons. The number of nitrogens with two attached hydrogens (primary N) is 1. The van der Waals surface area contributed by atoms with Gasteiger partial charge in [0.1, 0.15) is 6.04 Å². The standard InChI is InChI=1S/C10H10N4/c1-7(5-11)14-6-8-2-3-9(12)4-10(8)13-14/h2-4,6-7H,12H2,1H3. The molecule has 0 saturated carbocycles. The Labute approximate surface area is 81.5 Å². The molecule has 2 aromatic rings. The minimum atomic E-state index is -0.247. The molecule has 1 unspecified atom stereocenters. The minimum Gasteiger partial charge on any atom is -0.399 e. The van der Waals surface area contributed by atoms with Gasteiger partial charge in [0, 0.05) is 17.3 Å². The zero-order valence-electron chi connectivity index (χ0n) is 7.81. The quantitative estimate of drug-likeness (QED) is 0.689. The van der Waals surface area contributed by atoms with Crippen molar-refractivity contribution < 1.29 is 0 Å². The summed E-state index contributed by atoms with van der Waals surface area (Å²) in [5, 5.41) is 14.0. The number of nitrogen functional groups attached to an aromatic ring is 1. The molecule has 70 valence electrons. The van der Waals surface area contributed by atoms with E-state index >= 15 is 0 Å². The second kappa shape index (κ2) is 3.04. The Morgan fingerprint density at radius 2 is 2.36 bits per heavy atom. The van der Waals surface area contributed by atoms with Crippen molar-refractivity contribution in [2.75, 3.05) is 5.73 Å². The van der Waals surface area contributed by atoms with Crippen LogP contribution in [0.3, 0.4) is 0 Å². The lowest BCUT2D eigenvalue weighted by atomic mass is 10.2. The SMILES string of the molecule is CC(C#N)n1cc2ccc(N)cc2n1. The first-order valence-corrected chi connectivity index (χ1v) is 4.35. The van der Waals surface area contributed by atoms with E-state index in [9.17, 15) is 0 Å². The minimum absolute atomic E-state index is 0.247. The average Bonchev–Trinajstić information content (AvgIpc) is 2.59. The zero-order valence-corrected chi connectivity index (χ0v) is 7.81. The summed E-state index contributed by atoms with van der Waals surface area (Å²) in [5.74, 6) is 0. The van der Waals surface area contributed by atoms with Crippen molar-refractivity contribution in [1.82, 2.24) is 9.78 Å². The number of nitriles is 1. The summed E-state index contributed by atoms with van der Waals surface area (Å²) in [4.78, 5) is 0. The van der Waals surface area contributed by atoms with Crippen LogP contribution < -0.4 is 5.73 Å². The molecule has 0 bridgehead atoms. The van der Waals surface area contributed by atoms with E-state index in [2.05, 4.69) is 11.2 Å². The second-order valence-electron chi connectivity index (χ2n) is 3.23. The maximum atomic E-state index is 8.73. The van der Waals surface area contributed by atoms with Crippen LogP contribution in [0.25, 0.3) is 10.9 Å². The molecule has 0 saturated heterocycles. The summed E-state index contributed by atoms with van der Waals surface area (Å²) < 4.78 is 1.64. The van der Waals surface area contributed by atoms with E-state index in [1.165, 1.54) is 0 Å². The van der Waals surface area contributed by atoms with Gasteiger partial charge in [-0.3, -0.25) is 4.68 Å². The molecule has 4 heteroatoms. The molecule has 0 spiro atoms. The smallest absolute Gasteiger partial charge is 0.135 e. The number of rotatable bonds is 1.